The van der Waals surface area contributed by atoms with Gasteiger partial charge in [-0.15, -0.1) is 11.3 Å². The van der Waals surface area contributed by atoms with E-state index in [-0.39, 0.29) is 18.2 Å². The van der Waals surface area contributed by atoms with Crippen LogP contribution in [0.5, 0.6) is 0 Å². The number of aromatic nitrogens is 1. The van der Waals surface area contributed by atoms with E-state index in [2.05, 4.69) is 4.98 Å². The van der Waals surface area contributed by atoms with Gasteiger partial charge in [-0.3, -0.25) is 0 Å². The van der Waals surface area contributed by atoms with Crippen molar-refractivity contribution < 1.29 is 14.3 Å². The topological polar surface area (TPSA) is 51.7 Å². The highest BCUT2D eigenvalue weighted by molar-refractivity contribution is 7.09. The Hall–Kier alpha value is -1.14. The van der Waals surface area contributed by atoms with Gasteiger partial charge in [-0.25, -0.2) is 9.78 Å². The van der Waals surface area contributed by atoms with Crippen LogP contribution in [-0.4, -0.2) is 40.8 Å². The molecule has 0 radical (unpaired) electrons. The molecule has 1 saturated heterocycles. The molecular formula is C15H24N2O3S. The van der Waals surface area contributed by atoms with Crippen molar-refractivity contribution in [1.29, 1.82) is 0 Å². The first-order chi connectivity index (χ1) is 9.87. The van der Waals surface area contributed by atoms with Gasteiger partial charge in [-0.05, 0) is 40.5 Å². The third-order valence-corrected chi connectivity index (χ3v) is 4.28. The predicted octanol–water partition coefficient (Wildman–Crippen LogP) is 3.62. The fourth-order valence-corrected chi connectivity index (χ4v) is 2.97. The molecule has 1 aromatic heterocycles. The molecule has 1 aromatic rings. The maximum atomic E-state index is 12.2. The lowest BCUT2D eigenvalue weighted by molar-refractivity contribution is -0.00176. The quantitative estimate of drug-likeness (QED) is 0.852. The van der Waals surface area contributed by atoms with E-state index in [0.29, 0.717) is 6.61 Å². The molecule has 2 unspecified atom stereocenters. The number of carbonyl (C=O) groups excluding carboxylic acids is 1. The number of nitrogens with zero attached hydrogens (tertiary/aromatic N) is 2. The maximum Gasteiger partial charge on any atom is 0.410 e. The molecule has 6 heteroatoms. The molecule has 0 saturated carbocycles. The van der Waals surface area contributed by atoms with Crippen molar-refractivity contribution in [2.45, 2.75) is 58.3 Å². The highest BCUT2D eigenvalue weighted by Gasteiger charge is 2.32. The summed E-state index contributed by atoms with van der Waals surface area (Å²) in [6.45, 7) is 8.92. The van der Waals surface area contributed by atoms with Gasteiger partial charge in [0.15, 0.2) is 0 Å². The second-order valence-corrected chi connectivity index (χ2v) is 7.24. The maximum absolute atomic E-state index is 12.2. The molecule has 5 nitrogen and oxygen atoms in total. The van der Waals surface area contributed by atoms with Crippen LogP contribution in [0, 0.1) is 0 Å². The number of thiazole rings is 1. The number of rotatable bonds is 4. The van der Waals surface area contributed by atoms with Crippen molar-refractivity contribution in [2.24, 2.45) is 0 Å². The first-order valence-corrected chi connectivity index (χ1v) is 8.25. The Morgan fingerprint density at radius 2 is 2.33 bits per heavy atom. The highest BCUT2D eigenvalue weighted by atomic mass is 32.1. The van der Waals surface area contributed by atoms with Gasteiger partial charge in [0.2, 0.25) is 0 Å². The first-order valence-electron chi connectivity index (χ1n) is 7.37. The summed E-state index contributed by atoms with van der Waals surface area (Å²) in [6.07, 6.45) is 3.46. The molecule has 2 heterocycles. The van der Waals surface area contributed by atoms with Gasteiger partial charge in [0.25, 0.3) is 0 Å². The second-order valence-electron chi connectivity index (χ2n) is 6.32. The zero-order valence-corrected chi connectivity index (χ0v) is 14.0. The third kappa shape index (κ3) is 4.68. The van der Waals surface area contributed by atoms with Crippen LogP contribution >= 0.6 is 11.3 Å². The Morgan fingerprint density at radius 1 is 1.57 bits per heavy atom. The van der Waals surface area contributed by atoms with Crippen molar-refractivity contribution in [3.63, 3.8) is 0 Å². The first kappa shape index (κ1) is 16.2. The molecule has 0 aliphatic carbocycles. The largest absolute Gasteiger partial charge is 0.444 e. The zero-order valence-electron chi connectivity index (χ0n) is 13.2. The summed E-state index contributed by atoms with van der Waals surface area (Å²) in [7, 11) is 0. The van der Waals surface area contributed by atoms with Crippen LogP contribution in [0.3, 0.4) is 0 Å². The molecule has 21 heavy (non-hydrogen) atoms. The van der Waals surface area contributed by atoms with Gasteiger partial charge < -0.3 is 14.4 Å². The minimum Gasteiger partial charge on any atom is -0.444 e. The molecule has 1 aliphatic heterocycles. The van der Waals surface area contributed by atoms with Crippen LogP contribution in [0.25, 0.3) is 0 Å². The lowest BCUT2D eigenvalue weighted by Crippen LogP contribution is -2.41. The fraction of sp³-hybridized carbons (Fsp3) is 0.733. The van der Waals surface area contributed by atoms with Crippen molar-refractivity contribution >= 4 is 17.4 Å². The highest BCUT2D eigenvalue weighted by Crippen LogP contribution is 2.24. The Balaban J connectivity index is 1.86. The summed E-state index contributed by atoms with van der Waals surface area (Å²) in [5, 5.41) is 2.91. The minimum absolute atomic E-state index is 0.0360. The summed E-state index contributed by atoms with van der Waals surface area (Å²) < 4.78 is 11.3. The molecular weight excluding hydrogens is 288 g/mol. The molecule has 2 atom stereocenters. The van der Waals surface area contributed by atoms with Gasteiger partial charge in [-0.2, -0.15) is 0 Å². The number of ether oxygens (including phenoxy) is 2. The van der Waals surface area contributed by atoms with E-state index < -0.39 is 5.60 Å². The van der Waals surface area contributed by atoms with Crippen molar-refractivity contribution in [1.82, 2.24) is 9.88 Å². The molecule has 1 fully saturated rings. The second kappa shape index (κ2) is 6.75. The van der Waals surface area contributed by atoms with Gasteiger partial charge in [0.1, 0.15) is 16.7 Å². The Bertz CT molecular complexity index is 456. The van der Waals surface area contributed by atoms with Crippen LogP contribution in [0.15, 0.2) is 11.6 Å². The zero-order chi connectivity index (χ0) is 15.5. The van der Waals surface area contributed by atoms with Crippen LogP contribution < -0.4 is 0 Å². The van der Waals surface area contributed by atoms with E-state index >= 15 is 0 Å². The lowest BCUT2D eigenvalue weighted by atomic mass is 10.2. The number of carbonyl (C=O) groups is 1. The van der Waals surface area contributed by atoms with E-state index in [0.717, 1.165) is 24.4 Å². The molecule has 0 spiro atoms. The van der Waals surface area contributed by atoms with Gasteiger partial charge in [0, 0.05) is 18.1 Å². The monoisotopic (exact) mass is 312 g/mol. The fourth-order valence-electron chi connectivity index (χ4n) is 2.33. The molecule has 0 bridgehead atoms. The Morgan fingerprint density at radius 3 is 2.95 bits per heavy atom. The molecule has 0 aromatic carbocycles. The van der Waals surface area contributed by atoms with E-state index in [4.69, 9.17) is 9.47 Å². The summed E-state index contributed by atoms with van der Waals surface area (Å²) in [6, 6.07) is 0.0993. The number of hydrogen-bond acceptors (Lipinski definition) is 5. The average Bonchev–Trinajstić information content (AvgIpc) is 3.04. The smallest absolute Gasteiger partial charge is 0.410 e. The number of amides is 1. The van der Waals surface area contributed by atoms with E-state index in [1.165, 1.54) is 0 Å². The van der Waals surface area contributed by atoms with Gasteiger partial charge in [0.05, 0.1) is 12.6 Å². The van der Waals surface area contributed by atoms with Gasteiger partial charge in [-0.1, -0.05) is 0 Å². The summed E-state index contributed by atoms with van der Waals surface area (Å²) >= 11 is 1.59. The standard InChI is InChI=1S/C15H24N2O3S/c1-11(13-16-7-9-21-13)19-10-12-6-5-8-17(12)14(18)20-15(2,3)4/h7,9,11-12H,5-6,8,10H2,1-4H3. The van der Waals surface area contributed by atoms with Crippen molar-refractivity contribution in [3.8, 4) is 0 Å². The van der Waals surface area contributed by atoms with Crippen LogP contribution in [0.2, 0.25) is 0 Å². The molecule has 1 amide bonds. The number of likely N-dealkylation sites (tertiary alicyclic amines) is 1. The Labute approximate surface area is 130 Å². The third-order valence-electron chi connectivity index (χ3n) is 3.34. The van der Waals surface area contributed by atoms with E-state index in [1.807, 2.05) is 33.1 Å². The predicted molar refractivity (Wildman–Crippen MR) is 82.4 cm³/mol. The summed E-state index contributed by atoms with van der Waals surface area (Å²) in [4.78, 5) is 18.2. The van der Waals surface area contributed by atoms with E-state index in [1.54, 1.807) is 22.4 Å². The average molecular weight is 312 g/mol. The Kier molecular flexibility index (Phi) is 5.22. The van der Waals surface area contributed by atoms with Crippen LogP contribution in [-0.2, 0) is 9.47 Å². The number of hydrogen-bond donors (Lipinski definition) is 0. The van der Waals surface area contributed by atoms with Crippen LogP contribution in [0.1, 0.15) is 51.6 Å². The molecule has 2 rings (SSSR count). The molecule has 118 valence electrons. The SMILES string of the molecule is CC(OCC1CCCN1C(=O)OC(C)(C)C)c1nccs1. The van der Waals surface area contributed by atoms with Crippen LogP contribution in [0.4, 0.5) is 4.79 Å². The molecule has 1 aliphatic rings. The van der Waals surface area contributed by atoms with Crippen molar-refractivity contribution in [3.05, 3.63) is 16.6 Å². The summed E-state index contributed by atoms with van der Waals surface area (Å²) in [5.41, 5.74) is -0.459. The normalized spacial score (nSPS) is 20.6. The molecule has 0 N–H and O–H groups in total. The van der Waals surface area contributed by atoms with E-state index in [9.17, 15) is 4.79 Å². The summed E-state index contributed by atoms with van der Waals surface area (Å²) in [5.74, 6) is 0. The van der Waals surface area contributed by atoms with Crippen molar-refractivity contribution in [2.75, 3.05) is 13.2 Å². The lowest BCUT2D eigenvalue weighted by Gasteiger charge is -2.29. The minimum atomic E-state index is -0.459. The van der Waals surface area contributed by atoms with Gasteiger partial charge >= 0.3 is 6.09 Å².